The summed E-state index contributed by atoms with van der Waals surface area (Å²) in [4.78, 5) is 4.43. The van der Waals surface area contributed by atoms with Crippen LogP contribution in [0.5, 0.6) is 0 Å². The van der Waals surface area contributed by atoms with Crippen LogP contribution in [-0.4, -0.2) is 16.1 Å². The molecule has 0 aliphatic carbocycles. The number of rotatable bonds is 6. The first-order valence-electron chi connectivity index (χ1n) is 7.16. The molecule has 1 aromatic heterocycles. The smallest absolute Gasteiger partial charge is 0.203 e. The minimum absolute atomic E-state index is 0.525. The molecule has 0 spiro atoms. The van der Waals surface area contributed by atoms with E-state index in [0.717, 1.165) is 24.3 Å². The van der Waals surface area contributed by atoms with E-state index in [2.05, 4.69) is 28.7 Å². The average Bonchev–Trinajstić information content (AvgIpc) is 2.67. The van der Waals surface area contributed by atoms with Crippen molar-refractivity contribution < 1.29 is 8.78 Å². The molecule has 0 aliphatic rings. The molecule has 0 fully saturated rings. The highest BCUT2D eigenvalue weighted by molar-refractivity contribution is 5.29. The summed E-state index contributed by atoms with van der Waals surface area (Å²) in [6.07, 6.45) is 2.55. The Morgan fingerprint density at radius 3 is 2.48 bits per heavy atom. The van der Waals surface area contributed by atoms with E-state index in [1.165, 1.54) is 12.1 Å². The summed E-state index contributed by atoms with van der Waals surface area (Å²) in [5.74, 6) is 0.249. The first-order chi connectivity index (χ1) is 9.94. The zero-order chi connectivity index (χ0) is 15.4. The van der Waals surface area contributed by atoms with Gasteiger partial charge in [0.2, 0.25) is 5.95 Å². The van der Waals surface area contributed by atoms with Crippen LogP contribution >= 0.6 is 0 Å². The van der Waals surface area contributed by atoms with E-state index in [1.54, 1.807) is 0 Å². The molecule has 0 radical (unpaired) electrons. The number of aromatic nitrogens is 2. The third kappa shape index (κ3) is 4.55. The molecule has 1 heterocycles. The van der Waals surface area contributed by atoms with Gasteiger partial charge in [0, 0.05) is 25.4 Å². The van der Waals surface area contributed by atoms with E-state index >= 15 is 0 Å². The predicted octanol–water partition coefficient (Wildman–Crippen LogP) is 3.78. The Morgan fingerprint density at radius 1 is 1.19 bits per heavy atom. The van der Waals surface area contributed by atoms with Crippen LogP contribution < -0.4 is 5.32 Å². The average molecular weight is 293 g/mol. The maximum atomic E-state index is 13.1. The lowest BCUT2D eigenvalue weighted by atomic mass is 10.1. The van der Waals surface area contributed by atoms with E-state index in [9.17, 15) is 8.78 Å². The minimum atomic E-state index is -0.540. The summed E-state index contributed by atoms with van der Waals surface area (Å²) < 4.78 is 28.3. The van der Waals surface area contributed by atoms with Crippen molar-refractivity contribution in [1.29, 1.82) is 0 Å². The molecule has 3 nitrogen and oxygen atoms in total. The molecular formula is C16H21F2N3. The Bertz CT molecular complexity index is 585. The zero-order valence-electron chi connectivity index (χ0n) is 12.7. The first kappa shape index (κ1) is 15.5. The van der Waals surface area contributed by atoms with Crippen LogP contribution in [0.4, 0.5) is 14.7 Å². The maximum absolute atomic E-state index is 13.1. The van der Waals surface area contributed by atoms with E-state index < -0.39 is 11.6 Å². The van der Waals surface area contributed by atoms with Gasteiger partial charge in [-0.05, 0) is 37.0 Å². The number of benzene rings is 1. The second-order valence-electron chi connectivity index (χ2n) is 5.71. The number of hydrogen-bond donors (Lipinski definition) is 1. The molecule has 21 heavy (non-hydrogen) atoms. The number of hydrogen-bond acceptors (Lipinski definition) is 2. The molecule has 0 bridgehead atoms. The fourth-order valence-electron chi connectivity index (χ4n) is 2.29. The van der Waals surface area contributed by atoms with E-state index in [4.69, 9.17) is 0 Å². The van der Waals surface area contributed by atoms with Gasteiger partial charge in [0.15, 0.2) is 0 Å². The highest BCUT2D eigenvalue weighted by atomic mass is 19.1. The molecule has 1 N–H and O–H groups in total. The lowest BCUT2D eigenvalue weighted by Crippen LogP contribution is -2.12. The van der Waals surface area contributed by atoms with E-state index in [0.29, 0.717) is 24.4 Å². The molecule has 2 rings (SSSR count). The number of halogens is 2. The third-order valence-corrected chi connectivity index (χ3v) is 3.08. The summed E-state index contributed by atoms with van der Waals surface area (Å²) in [5.41, 5.74) is 1.59. The van der Waals surface area contributed by atoms with Gasteiger partial charge in [0.1, 0.15) is 11.6 Å². The van der Waals surface area contributed by atoms with Crippen LogP contribution in [-0.2, 0) is 13.0 Å². The van der Waals surface area contributed by atoms with Crippen molar-refractivity contribution in [2.75, 3.05) is 11.9 Å². The molecule has 5 heteroatoms. The summed E-state index contributed by atoms with van der Waals surface area (Å²) in [6, 6.07) is 3.60. The number of anilines is 1. The van der Waals surface area contributed by atoms with Crippen LogP contribution in [0, 0.1) is 24.5 Å². The maximum Gasteiger partial charge on any atom is 0.203 e. The van der Waals surface area contributed by atoms with Crippen molar-refractivity contribution in [3.8, 4) is 0 Å². The molecule has 1 aromatic carbocycles. The lowest BCUT2D eigenvalue weighted by molar-refractivity contribution is 0.526. The molecule has 0 saturated carbocycles. The van der Waals surface area contributed by atoms with Crippen LogP contribution in [0.15, 0.2) is 24.4 Å². The molecular weight excluding hydrogens is 272 g/mol. The van der Waals surface area contributed by atoms with Crippen molar-refractivity contribution in [3.05, 3.63) is 47.3 Å². The van der Waals surface area contributed by atoms with Crippen LogP contribution in [0.3, 0.4) is 0 Å². The Hall–Kier alpha value is -1.91. The fraction of sp³-hybridized carbons (Fsp3) is 0.438. The second kappa shape index (κ2) is 6.70. The fourth-order valence-corrected chi connectivity index (χ4v) is 2.29. The van der Waals surface area contributed by atoms with Gasteiger partial charge in [-0.25, -0.2) is 13.8 Å². The number of aryl methyl sites for hydroxylation is 1. The summed E-state index contributed by atoms with van der Waals surface area (Å²) >= 11 is 0. The van der Waals surface area contributed by atoms with Gasteiger partial charge in [-0.2, -0.15) is 0 Å². The Kier molecular flexibility index (Phi) is 4.94. The highest BCUT2D eigenvalue weighted by Gasteiger charge is 2.07. The lowest BCUT2D eigenvalue weighted by Gasteiger charge is -2.11. The van der Waals surface area contributed by atoms with Gasteiger partial charge >= 0.3 is 0 Å². The standard InChI is InChI=1S/C16H21F2N3/c1-11(2)9-21-10-12(3)20-16(21)19-5-4-13-6-14(17)8-15(18)7-13/h6-8,10-11H,4-5,9H2,1-3H3,(H,19,20). The molecule has 0 saturated heterocycles. The number of imidazole rings is 1. The van der Waals surface area contributed by atoms with Gasteiger partial charge in [-0.15, -0.1) is 0 Å². The number of nitrogens with zero attached hydrogens (tertiary/aromatic N) is 2. The summed E-state index contributed by atoms with van der Waals surface area (Å²) in [6.45, 7) is 7.71. The molecule has 0 atom stereocenters. The zero-order valence-corrected chi connectivity index (χ0v) is 12.7. The first-order valence-corrected chi connectivity index (χ1v) is 7.16. The van der Waals surface area contributed by atoms with E-state index in [-0.39, 0.29) is 0 Å². The largest absolute Gasteiger partial charge is 0.355 e. The topological polar surface area (TPSA) is 29.9 Å². The van der Waals surface area contributed by atoms with Gasteiger partial charge in [-0.1, -0.05) is 13.8 Å². The van der Waals surface area contributed by atoms with Crippen LogP contribution in [0.1, 0.15) is 25.1 Å². The van der Waals surface area contributed by atoms with Gasteiger partial charge in [-0.3, -0.25) is 0 Å². The summed E-state index contributed by atoms with van der Waals surface area (Å²) in [5, 5.41) is 3.23. The minimum Gasteiger partial charge on any atom is -0.355 e. The van der Waals surface area contributed by atoms with Crippen LogP contribution in [0.25, 0.3) is 0 Å². The molecule has 0 aliphatic heterocycles. The normalized spacial score (nSPS) is 11.1. The van der Waals surface area contributed by atoms with Crippen molar-refractivity contribution in [1.82, 2.24) is 9.55 Å². The molecule has 114 valence electrons. The quantitative estimate of drug-likeness (QED) is 0.878. The van der Waals surface area contributed by atoms with Gasteiger partial charge in [0.25, 0.3) is 0 Å². The number of nitrogens with one attached hydrogen (secondary N) is 1. The van der Waals surface area contributed by atoms with Crippen molar-refractivity contribution in [2.24, 2.45) is 5.92 Å². The predicted molar refractivity (Wildman–Crippen MR) is 80.4 cm³/mol. The molecule has 0 unspecified atom stereocenters. The Balaban J connectivity index is 1.97. The third-order valence-electron chi connectivity index (χ3n) is 3.08. The van der Waals surface area contributed by atoms with Gasteiger partial charge in [0.05, 0.1) is 5.69 Å². The van der Waals surface area contributed by atoms with Crippen LogP contribution in [0.2, 0.25) is 0 Å². The molecule has 2 aromatic rings. The van der Waals surface area contributed by atoms with E-state index in [1.807, 2.05) is 13.1 Å². The SMILES string of the molecule is Cc1cn(CC(C)C)c(NCCc2cc(F)cc(F)c2)n1. The van der Waals surface area contributed by atoms with Crippen molar-refractivity contribution in [3.63, 3.8) is 0 Å². The van der Waals surface area contributed by atoms with Gasteiger partial charge < -0.3 is 9.88 Å². The molecule has 0 amide bonds. The monoisotopic (exact) mass is 293 g/mol. The Labute approximate surface area is 124 Å². The Morgan fingerprint density at radius 2 is 1.86 bits per heavy atom. The summed E-state index contributed by atoms with van der Waals surface area (Å²) in [7, 11) is 0. The van der Waals surface area contributed by atoms with Crippen molar-refractivity contribution in [2.45, 2.75) is 33.7 Å². The van der Waals surface area contributed by atoms with Crippen molar-refractivity contribution >= 4 is 5.95 Å². The second-order valence-corrected chi connectivity index (χ2v) is 5.71. The highest BCUT2D eigenvalue weighted by Crippen LogP contribution is 2.13.